The number of carbonyl (C=O) groups is 2. The van der Waals surface area contributed by atoms with Gasteiger partial charge in [-0.1, -0.05) is 23.7 Å². The van der Waals surface area contributed by atoms with Gasteiger partial charge in [0.2, 0.25) is 0 Å². The maximum absolute atomic E-state index is 12.2. The number of ether oxygens (including phenoxy) is 1. The van der Waals surface area contributed by atoms with Gasteiger partial charge in [0.25, 0.3) is 5.91 Å². The second kappa shape index (κ2) is 6.16. The lowest BCUT2D eigenvalue weighted by atomic mass is 10.1. The van der Waals surface area contributed by atoms with Gasteiger partial charge in [0.15, 0.2) is 5.15 Å². The third-order valence-electron chi connectivity index (χ3n) is 2.58. The maximum atomic E-state index is 12.2. The molecule has 6 heteroatoms. The first-order chi connectivity index (χ1) is 9.63. The number of nitrogens with one attached hydrogen (secondary N) is 1. The molecule has 0 spiro atoms. The van der Waals surface area contributed by atoms with Gasteiger partial charge in [-0.3, -0.25) is 4.79 Å². The molecule has 0 saturated carbocycles. The summed E-state index contributed by atoms with van der Waals surface area (Å²) in [5.74, 6) is -1.03. The fourth-order valence-corrected chi connectivity index (χ4v) is 1.80. The molecule has 1 heterocycles. The van der Waals surface area contributed by atoms with Gasteiger partial charge in [-0.25, -0.2) is 9.78 Å². The molecule has 0 atom stereocenters. The number of nitrogens with zero attached hydrogens (tertiary/aromatic N) is 1. The van der Waals surface area contributed by atoms with Crippen molar-refractivity contribution in [3.8, 4) is 0 Å². The van der Waals surface area contributed by atoms with Crippen molar-refractivity contribution in [3.05, 3.63) is 58.9 Å². The second-order valence-corrected chi connectivity index (χ2v) is 4.19. The van der Waals surface area contributed by atoms with Crippen LogP contribution in [0.3, 0.4) is 0 Å². The zero-order chi connectivity index (χ0) is 14.5. The molecule has 0 unspecified atom stereocenters. The zero-order valence-corrected chi connectivity index (χ0v) is 11.3. The molecule has 1 aromatic heterocycles. The molecule has 5 nitrogen and oxygen atoms in total. The largest absolute Gasteiger partial charge is 0.465 e. The van der Waals surface area contributed by atoms with Gasteiger partial charge < -0.3 is 10.1 Å². The average molecular weight is 291 g/mol. The lowest BCUT2D eigenvalue weighted by Crippen LogP contribution is -2.17. The molecule has 0 aliphatic carbocycles. The predicted octanol–water partition coefficient (Wildman–Crippen LogP) is 2.77. The van der Waals surface area contributed by atoms with E-state index in [0.717, 1.165) is 0 Å². The quantitative estimate of drug-likeness (QED) is 0.697. The maximum Gasteiger partial charge on any atom is 0.338 e. The van der Waals surface area contributed by atoms with Crippen molar-refractivity contribution in [2.24, 2.45) is 0 Å². The third-order valence-corrected chi connectivity index (χ3v) is 2.89. The van der Waals surface area contributed by atoms with E-state index in [1.807, 2.05) is 0 Å². The molecule has 0 saturated heterocycles. The molecule has 0 aliphatic rings. The Labute approximate surface area is 120 Å². The molecule has 2 aromatic rings. The van der Waals surface area contributed by atoms with E-state index in [-0.39, 0.29) is 16.3 Å². The Morgan fingerprint density at radius 3 is 2.50 bits per heavy atom. The van der Waals surface area contributed by atoms with Crippen molar-refractivity contribution in [1.29, 1.82) is 0 Å². The lowest BCUT2D eigenvalue weighted by Gasteiger charge is -2.09. The first-order valence-electron chi connectivity index (χ1n) is 5.72. The standard InChI is InChI=1S/C14H11ClN2O3/c1-20-14(19)10-6-3-2-5-9(10)13(18)17-11-7-4-8-16-12(11)15/h2-8H,1H3,(H,17,18). The van der Waals surface area contributed by atoms with Crippen molar-refractivity contribution >= 4 is 29.2 Å². The fraction of sp³-hybridized carbons (Fsp3) is 0.0714. The second-order valence-electron chi connectivity index (χ2n) is 3.83. The molecule has 102 valence electrons. The molecule has 0 aliphatic heterocycles. The van der Waals surface area contributed by atoms with E-state index in [0.29, 0.717) is 5.69 Å². The van der Waals surface area contributed by atoms with Crippen LogP contribution in [0.2, 0.25) is 5.15 Å². The Bertz CT molecular complexity index is 658. The Morgan fingerprint density at radius 2 is 1.85 bits per heavy atom. The Balaban J connectivity index is 2.31. The molecule has 0 bridgehead atoms. The highest BCUT2D eigenvalue weighted by molar-refractivity contribution is 6.32. The van der Waals surface area contributed by atoms with Crippen LogP contribution in [0.15, 0.2) is 42.6 Å². The number of aromatic nitrogens is 1. The van der Waals surface area contributed by atoms with Crippen LogP contribution in [-0.4, -0.2) is 24.0 Å². The molecule has 1 N–H and O–H groups in total. The Kier molecular flexibility index (Phi) is 4.32. The van der Waals surface area contributed by atoms with Crippen LogP contribution in [0, 0.1) is 0 Å². The van der Waals surface area contributed by atoms with E-state index >= 15 is 0 Å². The summed E-state index contributed by atoms with van der Waals surface area (Å²) in [6.45, 7) is 0. The first kappa shape index (κ1) is 14.0. The minimum atomic E-state index is -0.576. The summed E-state index contributed by atoms with van der Waals surface area (Å²) in [4.78, 5) is 27.7. The smallest absolute Gasteiger partial charge is 0.338 e. The highest BCUT2D eigenvalue weighted by Crippen LogP contribution is 2.19. The average Bonchev–Trinajstić information content (AvgIpc) is 2.48. The van der Waals surface area contributed by atoms with E-state index in [9.17, 15) is 9.59 Å². The Hall–Kier alpha value is -2.40. The number of rotatable bonds is 3. The number of carbonyl (C=O) groups excluding carboxylic acids is 2. The molecule has 0 radical (unpaired) electrons. The van der Waals surface area contributed by atoms with Crippen LogP contribution in [0.25, 0.3) is 0 Å². The monoisotopic (exact) mass is 290 g/mol. The summed E-state index contributed by atoms with van der Waals surface area (Å²) in [5.41, 5.74) is 0.769. The number of amides is 1. The minimum absolute atomic E-state index is 0.177. The number of pyridine rings is 1. The summed E-state index contributed by atoms with van der Waals surface area (Å²) in [7, 11) is 1.26. The number of anilines is 1. The van der Waals surface area contributed by atoms with Gasteiger partial charge >= 0.3 is 5.97 Å². The van der Waals surface area contributed by atoms with Crippen LogP contribution in [-0.2, 0) is 4.74 Å². The van der Waals surface area contributed by atoms with Gasteiger partial charge in [-0.05, 0) is 24.3 Å². The van der Waals surface area contributed by atoms with Gasteiger partial charge in [-0.2, -0.15) is 0 Å². The van der Waals surface area contributed by atoms with E-state index in [4.69, 9.17) is 11.6 Å². The molecule has 2 rings (SSSR count). The first-order valence-corrected chi connectivity index (χ1v) is 6.10. The summed E-state index contributed by atoms with van der Waals surface area (Å²) >= 11 is 5.87. The third kappa shape index (κ3) is 2.95. The molecular formula is C14H11ClN2O3. The number of hydrogen-bond donors (Lipinski definition) is 1. The highest BCUT2D eigenvalue weighted by atomic mass is 35.5. The topological polar surface area (TPSA) is 68.3 Å². The van der Waals surface area contributed by atoms with Gasteiger partial charge in [0.1, 0.15) is 0 Å². The van der Waals surface area contributed by atoms with Crippen LogP contribution in [0.5, 0.6) is 0 Å². The van der Waals surface area contributed by atoms with Gasteiger partial charge in [0, 0.05) is 6.20 Å². The summed E-state index contributed by atoms with van der Waals surface area (Å²) in [6, 6.07) is 9.63. The van der Waals surface area contributed by atoms with E-state index in [1.54, 1.807) is 24.3 Å². The van der Waals surface area contributed by atoms with Crippen molar-refractivity contribution in [1.82, 2.24) is 4.98 Å². The fourth-order valence-electron chi connectivity index (χ4n) is 1.64. The summed E-state index contributed by atoms with van der Waals surface area (Å²) < 4.78 is 4.64. The van der Waals surface area contributed by atoms with Crippen molar-refractivity contribution < 1.29 is 14.3 Å². The van der Waals surface area contributed by atoms with Crippen LogP contribution in [0.1, 0.15) is 20.7 Å². The van der Waals surface area contributed by atoms with Gasteiger partial charge in [0.05, 0.1) is 23.9 Å². The highest BCUT2D eigenvalue weighted by Gasteiger charge is 2.17. The zero-order valence-electron chi connectivity index (χ0n) is 10.6. The minimum Gasteiger partial charge on any atom is -0.465 e. The lowest BCUT2D eigenvalue weighted by molar-refractivity contribution is 0.0597. The van der Waals surface area contributed by atoms with Crippen molar-refractivity contribution in [2.75, 3.05) is 12.4 Å². The van der Waals surface area contributed by atoms with E-state index in [2.05, 4.69) is 15.0 Å². The number of esters is 1. The van der Waals surface area contributed by atoms with Crippen LogP contribution in [0.4, 0.5) is 5.69 Å². The SMILES string of the molecule is COC(=O)c1ccccc1C(=O)Nc1cccnc1Cl. The predicted molar refractivity (Wildman–Crippen MR) is 75.0 cm³/mol. The number of benzene rings is 1. The summed E-state index contributed by atoms with van der Waals surface area (Å²) in [6.07, 6.45) is 1.51. The molecule has 20 heavy (non-hydrogen) atoms. The van der Waals surface area contributed by atoms with Crippen LogP contribution >= 0.6 is 11.6 Å². The normalized spacial score (nSPS) is 9.90. The van der Waals surface area contributed by atoms with Crippen molar-refractivity contribution in [2.45, 2.75) is 0 Å². The number of methoxy groups -OCH3 is 1. The van der Waals surface area contributed by atoms with Gasteiger partial charge in [-0.15, -0.1) is 0 Å². The number of halogens is 1. The molecule has 1 amide bonds. The molecule has 1 aromatic carbocycles. The summed E-state index contributed by atoms with van der Waals surface area (Å²) in [5, 5.41) is 2.78. The molecular weight excluding hydrogens is 280 g/mol. The molecule has 0 fully saturated rings. The van der Waals surface area contributed by atoms with Crippen molar-refractivity contribution in [3.63, 3.8) is 0 Å². The number of hydrogen-bond acceptors (Lipinski definition) is 4. The van der Waals surface area contributed by atoms with Crippen LogP contribution < -0.4 is 5.32 Å². The van der Waals surface area contributed by atoms with E-state index < -0.39 is 11.9 Å². The van der Waals surface area contributed by atoms with E-state index in [1.165, 1.54) is 25.4 Å². The Morgan fingerprint density at radius 1 is 1.15 bits per heavy atom.